The summed E-state index contributed by atoms with van der Waals surface area (Å²) in [6, 6.07) is 0. The SMILES string of the molecule is COC1CCN(CC(C)(C)C)C1. The summed E-state index contributed by atoms with van der Waals surface area (Å²) in [6.07, 6.45) is 1.68. The van der Waals surface area contributed by atoms with Crippen LogP contribution in [0.2, 0.25) is 0 Å². The highest BCUT2D eigenvalue weighted by molar-refractivity contribution is 4.79. The topological polar surface area (TPSA) is 12.5 Å². The van der Waals surface area contributed by atoms with Crippen LogP contribution in [-0.2, 0) is 4.74 Å². The third-order valence-electron chi connectivity index (χ3n) is 2.26. The van der Waals surface area contributed by atoms with Crippen molar-refractivity contribution in [3.63, 3.8) is 0 Å². The second-order valence-electron chi connectivity index (χ2n) is 4.94. The first-order chi connectivity index (χ1) is 5.51. The molecule has 1 unspecified atom stereocenters. The van der Waals surface area contributed by atoms with Gasteiger partial charge in [-0.05, 0) is 11.8 Å². The molecule has 12 heavy (non-hydrogen) atoms. The molecule has 1 fully saturated rings. The van der Waals surface area contributed by atoms with Gasteiger partial charge in [-0.2, -0.15) is 0 Å². The fourth-order valence-electron chi connectivity index (χ4n) is 1.80. The van der Waals surface area contributed by atoms with Crippen molar-refractivity contribution in [3.05, 3.63) is 0 Å². The van der Waals surface area contributed by atoms with Crippen LogP contribution in [0.4, 0.5) is 0 Å². The summed E-state index contributed by atoms with van der Waals surface area (Å²) in [5, 5.41) is 0. The van der Waals surface area contributed by atoms with E-state index in [2.05, 4.69) is 25.7 Å². The monoisotopic (exact) mass is 171 g/mol. The molecule has 1 rings (SSSR count). The number of nitrogens with zero attached hydrogens (tertiary/aromatic N) is 1. The van der Waals surface area contributed by atoms with Gasteiger partial charge in [0.1, 0.15) is 0 Å². The molecule has 0 saturated carbocycles. The van der Waals surface area contributed by atoms with E-state index in [1.54, 1.807) is 0 Å². The summed E-state index contributed by atoms with van der Waals surface area (Å²) in [6.45, 7) is 10.4. The zero-order valence-electron chi connectivity index (χ0n) is 8.76. The largest absolute Gasteiger partial charge is 0.380 e. The minimum Gasteiger partial charge on any atom is -0.380 e. The number of ether oxygens (including phenoxy) is 1. The van der Waals surface area contributed by atoms with Gasteiger partial charge in [-0.1, -0.05) is 20.8 Å². The van der Waals surface area contributed by atoms with E-state index in [1.165, 1.54) is 19.5 Å². The molecular weight excluding hydrogens is 150 g/mol. The zero-order valence-corrected chi connectivity index (χ0v) is 8.76. The third-order valence-corrected chi connectivity index (χ3v) is 2.26. The van der Waals surface area contributed by atoms with E-state index >= 15 is 0 Å². The Morgan fingerprint density at radius 2 is 2.08 bits per heavy atom. The van der Waals surface area contributed by atoms with Crippen LogP contribution in [0.1, 0.15) is 27.2 Å². The second-order valence-corrected chi connectivity index (χ2v) is 4.94. The first-order valence-corrected chi connectivity index (χ1v) is 4.76. The molecule has 72 valence electrons. The molecule has 1 atom stereocenters. The van der Waals surface area contributed by atoms with Crippen LogP contribution in [0.3, 0.4) is 0 Å². The van der Waals surface area contributed by atoms with E-state index < -0.39 is 0 Å². The van der Waals surface area contributed by atoms with Crippen molar-refractivity contribution in [1.82, 2.24) is 4.90 Å². The maximum Gasteiger partial charge on any atom is 0.0710 e. The van der Waals surface area contributed by atoms with Crippen LogP contribution in [0.5, 0.6) is 0 Å². The molecule has 0 radical (unpaired) electrons. The molecule has 2 nitrogen and oxygen atoms in total. The third kappa shape index (κ3) is 3.11. The van der Waals surface area contributed by atoms with Gasteiger partial charge in [0.05, 0.1) is 6.10 Å². The van der Waals surface area contributed by atoms with Crippen molar-refractivity contribution in [2.75, 3.05) is 26.7 Å². The Labute approximate surface area is 75.9 Å². The molecule has 0 bridgehead atoms. The fourth-order valence-corrected chi connectivity index (χ4v) is 1.80. The van der Waals surface area contributed by atoms with Crippen molar-refractivity contribution >= 4 is 0 Å². The Balaban J connectivity index is 2.28. The highest BCUT2D eigenvalue weighted by Crippen LogP contribution is 2.19. The number of likely N-dealkylation sites (tertiary alicyclic amines) is 1. The van der Waals surface area contributed by atoms with Gasteiger partial charge in [-0.25, -0.2) is 0 Å². The van der Waals surface area contributed by atoms with Crippen molar-refractivity contribution in [2.45, 2.75) is 33.3 Å². The lowest BCUT2D eigenvalue weighted by Gasteiger charge is -2.25. The lowest BCUT2D eigenvalue weighted by atomic mass is 9.96. The Morgan fingerprint density at radius 1 is 1.42 bits per heavy atom. The number of methoxy groups -OCH3 is 1. The van der Waals surface area contributed by atoms with Gasteiger partial charge in [-0.15, -0.1) is 0 Å². The first-order valence-electron chi connectivity index (χ1n) is 4.76. The van der Waals surface area contributed by atoms with Gasteiger partial charge in [0, 0.05) is 26.7 Å². The summed E-state index contributed by atoms with van der Waals surface area (Å²) >= 11 is 0. The van der Waals surface area contributed by atoms with E-state index in [4.69, 9.17) is 4.74 Å². The Hall–Kier alpha value is -0.0800. The number of hydrogen-bond acceptors (Lipinski definition) is 2. The average Bonchev–Trinajstić information content (AvgIpc) is 2.32. The van der Waals surface area contributed by atoms with Crippen LogP contribution in [0.15, 0.2) is 0 Å². The molecule has 0 N–H and O–H groups in total. The lowest BCUT2D eigenvalue weighted by molar-refractivity contribution is 0.102. The first kappa shape index (κ1) is 10.0. The van der Waals surface area contributed by atoms with Crippen LogP contribution in [0, 0.1) is 5.41 Å². The summed E-state index contributed by atoms with van der Waals surface area (Å²) in [7, 11) is 1.81. The molecule has 2 heteroatoms. The maximum absolute atomic E-state index is 5.31. The van der Waals surface area contributed by atoms with Crippen molar-refractivity contribution in [3.8, 4) is 0 Å². The molecule has 0 aromatic heterocycles. The molecule has 0 aromatic carbocycles. The summed E-state index contributed by atoms with van der Waals surface area (Å²) in [4.78, 5) is 2.49. The van der Waals surface area contributed by atoms with Gasteiger partial charge in [0.2, 0.25) is 0 Å². The average molecular weight is 171 g/mol. The van der Waals surface area contributed by atoms with Crippen LogP contribution < -0.4 is 0 Å². The predicted molar refractivity (Wildman–Crippen MR) is 51.3 cm³/mol. The van der Waals surface area contributed by atoms with Crippen molar-refractivity contribution < 1.29 is 4.74 Å². The van der Waals surface area contributed by atoms with E-state index in [9.17, 15) is 0 Å². The molecule has 1 heterocycles. The standard InChI is InChI=1S/C10H21NO/c1-10(2,3)8-11-6-5-9(7-11)12-4/h9H,5-8H2,1-4H3. The molecule has 1 aliphatic heterocycles. The van der Waals surface area contributed by atoms with Gasteiger partial charge < -0.3 is 9.64 Å². The van der Waals surface area contributed by atoms with E-state index in [1.807, 2.05) is 7.11 Å². The number of hydrogen-bond donors (Lipinski definition) is 0. The summed E-state index contributed by atoms with van der Waals surface area (Å²) < 4.78 is 5.31. The van der Waals surface area contributed by atoms with Crippen LogP contribution in [0.25, 0.3) is 0 Å². The van der Waals surface area contributed by atoms with Crippen LogP contribution >= 0.6 is 0 Å². The van der Waals surface area contributed by atoms with Gasteiger partial charge in [-0.3, -0.25) is 0 Å². The van der Waals surface area contributed by atoms with E-state index in [0.29, 0.717) is 11.5 Å². The summed E-state index contributed by atoms with van der Waals surface area (Å²) in [5.41, 5.74) is 0.419. The van der Waals surface area contributed by atoms with Crippen molar-refractivity contribution in [1.29, 1.82) is 0 Å². The van der Waals surface area contributed by atoms with E-state index in [0.717, 1.165) is 6.54 Å². The molecule has 1 aliphatic rings. The molecule has 0 aromatic rings. The highest BCUT2D eigenvalue weighted by Gasteiger charge is 2.25. The smallest absolute Gasteiger partial charge is 0.0710 e. The molecule has 0 aliphatic carbocycles. The quantitative estimate of drug-likeness (QED) is 0.627. The summed E-state index contributed by atoms with van der Waals surface area (Å²) in [5.74, 6) is 0. The maximum atomic E-state index is 5.31. The number of rotatable bonds is 2. The minimum absolute atomic E-state index is 0.419. The fraction of sp³-hybridized carbons (Fsp3) is 1.00. The predicted octanol–water partition coefficient (Wildman–Crippen LogP) is 1.75. The molecular formula is C10H21NO. The highest BCUT2D eigenvalue weighted by atomic mass is 16.5. The molecule has 1 saturated heterocycles. The Bertz CT molecular complexity index is 139. The van der Waals surface area contributed by atoms with Gasteiger partial charge >= 0.3 is 0 Å². The minimum atomic E-state index is 0.419. The van der Waals surface area contributed by atoms with Gasteiger partial charge in [0.25, 0.3) is 0 Å². The Kier molecular flexibility index (Phi) is 3.13. The second kappa shape index (κ2) is 3.75. The molecule has 0 spiro atoms. The lowest BCUT2D eigenvalue weighted by Crippen LogP contribution is -2.31. The van der Waals surface area contributed by atoms with Crippen molar-refractivity contribution in [2.24, 2.45) is 5.41 Å². The van der Waals surface area contributed by atoms with Gasteiger partial charge in [0.15, 0.2) is 0 Å². The van der Waals surface area contributed by atoms with E-state index in [-0.39, 0.29) is 0 Å². The zero-order chi connectivity index (χ0) is 9.19. The molecule has 0 amide bonds. The Morgan fingerprint density at radius 3 is 2.50 bits per heavy atom. The van der Waals surface area contributed by atoms with Crippen LogP contribution in [-0.4, -0.2) is 37.7 Å². The normalized spacial score (nSPS) is 26.5.